The fraction of sp³-hybridized carbons (Fsp3) is 0.143. The number of hydrogen-bond acceptors (Lipinski definition) is 2. The van der Waals surface area contributed by atoms with Crippen molar-refractivity contribution in [2.24, 2.45) is 0 Å². The quantitative estimate of drug-likeness (QED) is 0.585. The van der Waals surface area contributed by atoms with Gasteiger partial charge in [-0.3, -0.25) is 0 Å². The highest BCUT2D eigenvalue weighted by Gasteiger charge is 1.98. The summed E-state index contributed by atoms with van der Waals surface area (Å²) >= 11 is 0. The van der Waals surface area contributed by atoms with Crippen molar-refractivity contribution in [1.82, 2.24) is 0 Å². The lowest BCUT2D eigenvalue weighted by Crippen LogP contribution is -1.94. The highest BCUT2D eigenvalue weighted by Crippen LogP contribution is 2.17. The predicted molar refractivity (Wildman–Crippen MR) is 96.2 cm³/mol. The Bertz CT molecular complexity index is 610. The topological polar surface area (TPSA) is 40.5 Å². The van der Waals surface area contributed by atoms with Crippen LogP contribution in [0.1, 0.15) is 6.42 Å². The van der Waals surface area contributed by atoms with Gasteiger partial charge < -0.3 is 10.2 Å². The molecule has 2 atom stereocenters. The summed E-state index contributed by atoms with van der Waals surface area (Å²) < 4.78 is 0. The van der Waals surface area contributed by atoms with E-state index in [1.54, 1.807) is 24.3 Å². The van der Waals surface area contributed by atoms with Crippen molar-refractivity contribution in [3.05, 3.63) is 84.1 Å². The van der Waals surface area contributed by atoms with E-state index in [0.29, 0.717) is 0 Å². The first-order valence-corrected chi connectivity index (χ1v) is 7.20. The molecule has 23 heavy (non-hydrogen) atoms. The van der Waals surface area contributed by atoms with Crippen molar-refractivity contribution >= 4 is 0 Å². The first kappa shape index (κ1) is 18.3. The fourth-order valence-electron chi connectivity index (χ4n) is 1.75. The zero-order chi connectivity index (χ0) is 16.9. The molecule has 1 aliphatic carbocycles. The number of terminal acetylenes is 2. The molecule has 0 saturated heterocycles. The molecule has 1 rings (SSSR count). The minimum absolute atomic E-state index is 0.775. The monoisotopic (exact) mass is 304 g/mol. The van der Waals surface area contributed by atoms with Crippen LogP contribution in [0.2, 0.25) is 0 Å². The van der Waals surface area contributed by atoms with Crippen molar-refractivity contribution in [3.8, 4) is 24.7 Å². The Morgan fingerprint density at radius 1 is 0.826 bits per heavy atom. The molecular weight excluding hydrogens is 284 g/mol. The third-order valence-electron chi connectivity index (χ3n) is 2.91. The van der Waals surface area contributed by atoms with E-state index in [4.69, 9.17) is 12.8 Å². The lowest BCUT2D eigenvalue weighted by atomic mass is 10.0. The van der Waals surface area contributed by atoms with E-state index in [2.05, 4.69) is 11.8 Å². The molecule has 2 nitrogen and oxygen atoms in total. The molecule has 0 aromatic carbocycles. The molecule has 2 N–H and O–H groups in total. The second-order valence-corrected chi connectivity index (χ2v) is 4.76. The normalized spacial score (nSPS) is 17.9. The molecule has 2 unspecified atom stereocenters. The number of aliphatic hydroxyl groups is 2. The predicted octanol–water partition coefficient (Wildman–Crippen LogP) is 3.01. The Kier molecular flexibility index (Phi) is 8.64. The first-order chi connectivity index (χ1) is 11.2. The molecule has 0 fully saturated rings. The average molecular weight is 304 g/mol. The molecule has 0 bridgehead atoms. The molecule has 0 aromatic heterocycles. The third-order valence-corrected chi connectivity index (χ3v) is 2.91. The van der Waals surface area contributed by atoms with Crippen molar-refractivity contribution in [2.45, 2.75) is 18.6 Å². The molecule has 0 amide bonds. The Morgan fingerprint density at radius 3 is 1.65 bits per heavy atom. The van der Waals surface area contributed by atoms with Crippen LogP contribution >= 0.6 is 0 Å². The molecule has 0 heterocycles. The van der Waals surface area contributed by atoms with Gasteiger partial charge in [0.2, 0.25) is 0 Å². The Balaban J connectivity index is 2.63. The van der Waals surface area contributed by atoms with Crippen molar-refractivity contribution in [3.63, 3.8) is 0 Å². The Morgan fingerprint density at radius 2 is 1.26 bits per heavy atom. The van der Waals surface area contributed by atoms with Gasteiger partial charge in [-0.15, -0.1) is 12.8 Å². The zero-order valence-corrected chi connectivity index (χ0v) is 12.8. The number of hydrogen-bond donors (Lipinski definition) is 2. The van der Waals surface area contributed by atoms with E-state index in [-0.39, 0.29) is 0 Å². The summed E-state index contributed by atoms with van der Waals surface area (Å²) in [6, 6.07) is 0. The van der Waals surface area contributed by atoms with E-state index < -0.39 is 12.2 Å². The molecule has 116 valence electrons. The third kappa shape index (κ3) is 8.29. The number of aliphatic hydroxyl groups excluding tert-OH is 2. The minimum Gasteiger partial charge on any atom is -0.377 e. The molecule has 0 saturated carbocycles. The molecule has 0 radical (unpaired) electrons. The highest BCUT2D eigenvalue weighted by atomic mass is 16.3. The van der Waals surface area contributed by atoms with Gasteiger partial charge in [0.05, 0.1) is 0 Å². The Labute approximate surface area is 138 Å². The van der Waals surface area contributed by atoms with Crippen LogP contribution in [0.5, 0.6) is 0 Å². The van der Waals surface area contributed by atoms with Crippen molar-refractivity contribution in [2.75, 3.05) is 0 Å². The largest absolute Gasteiger partial charge is 0.377 e. The van der Waals surface area contributed by atoms with Gasteiger partial charge in [0.1, 0.15) is 12.2 Å². The van der Waals surface area contributed by atoms with Gasteiger partial charge in [-0.25, -0.2) is 0 Å². The van der Waals surface area contributed by atoms with Crippen LogP contribution < -0.4 is 0 Å². The number of allylic oxidation sites excluding steroid dienone is 12. The lowest BCUT2D eigenvalue weighted by molar-refractivity contribution is 0.280. The maximum absolute atomic E-state index is 9.22. The van der Waals surface area contributed by atoms with Crippen LogP contribution in [0.4, 0.5) is 0 Å². The summed E-state index contributed by atoms with van der Waals surface area (Å²) in [5.74, 6) is 4.43. The summed E-state index contributed by atoms with van der Waals surface area (Å²) in [6.07, 6.45) is 31.4. The first-order valence-electron chi connectivity index (χ1n) is 7.20. The highest BCUT2D eigenvalue weighted by molar-refractivity contribution is 5.40. The summed E-state index contributed by atoms with van der Waals surface area (Å²) in [4.78, 5) is 0. The smallest absolute Gasteiger partial charge is 0.133 e. The van der Waals surface area contributed by atoms with Gasteiger partial charge in [-0.1, -0.05) is 72.6 Å². The maximum atomic E-state index is 9.22. The van der Waals surface area contributed by atoms with Gasteiger partial charge in [-0.2, -0.15) is 0 Å². The zero-order valence-electron chi connectivity index (χ0n) is 12.8. The van der Waals surface area contributed by atoms with Crippen LogP contribution in [-0.4, -0.2) is 22.4 Å². The second-order valence-electron chi connectivity index (χ2n) is 4.76. The summed E-state index contributed by atoms with van der Waals surface area (Å²) in [6.45, 7) is 0. The molecule has 0 aliphatic heterocycles. The van der Waals surface area contributed by atoms with E-state index >= 15 is 0 Å². The molecule has 2 heteroatoms. The lowest BCUT2D eigenvalue weighted by Gasteiger charge is -2.01. The van der Waals surface area contributed by atoms with Crippen LogP contribution in [0.25, 0.3) is 0 Å². The van der Waals surface area contributed by atoms with Crippen LogP contribution in [0.3, 0.4) is 0 Å². The van der Waals surface area contributed by atoms with E-state index in [1.165, 1.54) is 0 Å². The number of rotatable bonds is 6. The maximum Gasteiger partial charge on any atom is 0.133 e. The van der Waals surface area contributed by atoms with Crippen LogP contribution in [0.15, 0.2) is 84.1 Å². The van der Waals surface area contributed by atoms with E-state index in [9.17, 15) is 10.2 Å². The Hall–Kier alpha value is -2.78. The SMILES string of the molecule is C#CC(O)/C=C/C=C/C1=CC=CC=C(/C=C/C=C/C(O)C#C)C1. The molecule has 0 aromatic rings. The fourth-order valence-corrected chi connectivity index (χ4v) is 1.75. The summed E-state index contributed by atoms with van der Waals surface area (Å²) in [5, 5.41) is 18.4. The summed E-state index contributed by atoms with van der Waals surface area (Å²) in [7, 11) is 0. The van der Waals surface area contributed by atoms with Crippen molar-refractivity contribution < 1.29 is 10.2 Å². The molecule has 0 spiro atoms. The van der Waals surface area contributed by atoms with Gasteiger partial charge in [0, 0.05) is 0 Å². The van der Waals surface area contributed by atoms with E-state index in [0.717, 1.165) is 17.6 Å². The van der Waals surface area contributed by atoms with Crippen molar-refractivity contribution in [1.29, 1.82) is 0 Å². The average Bonchev–Trinajstić information content (AvgIpc) is 2.80. The second kappa shape index (κ2) is 10.9. The van der Waals surface area contributed by atoms with Crippen LogP contribution in [-0.2, 0) is 0 Å². The van der Waals surface area contributed by atoms with E-state index in [1.807, 2.05) is 48.6 Å². The standard InChI is InChI=1S/C21H20O2/c1-3-20(22)15-9-7-13-18-11-5-6-12-19(17-18)14-8-10-16-21(23)4-2/h1-2,5-16,20-23H,17H2/b13-7+,14-8+,15-9+,16-10+. The van der Waals surface area contributed by atoms with Crippen LogP contribution in [0, 0.1) is 24.7 Å². The van der Waals surface area contributed by atoms with Gasteiger partial charge in [0.25, 0.3) is 0 Å². The summed E-state index contributed by atoms with van der Waals surface area (Å²) in [5.41, 5.74) is 2.25. The van der Waals surface area contributed by atoms with Gasteiger partial charge in [0.15, 0.2) is 0 Å². The van der Waals surface area contributed by atoms with Gasteiger partial charge in [-0.05, 0) is 29.7 Å². The molecule has 1 aliphatic rings. The van der Waals surface area contributed by atoms with Gasteiger partial charge >= 0.3 is 0 Å². The minimum atomic E-state index is -0.855. The molecular formula is C21H20O2.